The summed E-state index contributed by atoms with van der Waals surface area (Å²) in [6, 6.07) is 5.12. The van der Waals surface area contributed by atoms with Gasteiger partial charge in [0.1, 0.15) is 11.6 Å². The molecule has 0 unspecified atom stereocenters. The lowest BCUT2D eigenvalue weighted by Gasteiger charge is -2.06. The van der Waals surface area contributed by atoms with E-state index in [2.05, 4.69) is 13.8 Å². The molecule has 0 fully saturated rings. The summed E-state index contributed by atoms with van der Waals surface area (Å²) in [5.74, 6) is 0.302. The molecule has 0 aliphatic rings. The third-order valence-corrected chi connectivity index (χ3v) is 2.72. The fraction of sp³-hybridized carbons (Fsp3) is 0.400. The Morgan fingerprint density at radius 1 is 1.41 bits per heavy atom. The van der Waals surface area contributed by atoms with E-state index < -0.39 is 0 Å². The largest absolute Gasteiger partial charge is 0.299 e. The second kappa shape index (κ2) is 6.33. The van der Waals surface area contributed by atoms with Crippen molar-refractivity contribution in [2.45, 2.75) is 39.5 Å². The molecule has 0 saturated carbocycles. The number of rotatable bonds is 5. The number of hydrogen-bond acceptors (Lipinski definition) is 1. The van der Waals surface area contributed by atoms with E-state index in [0.29, 0.717) is 24.3 Å². The van der Waals surface area contributed by atoms with Crippen molar-refractivity contribution in [2.24, 2.45) is 0 Å². The minimum absolute atomic E-state index is 0.168. The van der Waals surface area contributed by atoms with E-state index in [4.69, 9.17) is 0 Å². The van der Waals surface area contributed by atoms with Gasteiger partial charge in [-0.25, -0.2) is 4.39 Å². The molecule has 0 heterocycles. The van der Waals surface area contributed by atoms with Crippen molar-refractivity contribution < 1.29 is 9.18 Å². The molecule has 0 radical (unpaired) electrons. The van der Waals surface area contributed by atoms with Gasteiger partial charge in [0.15, 0.2) is 0 Å². The summed E-state index contributed by atoms with van der Waals surface area (Å²) in [4.78, 5) is 11.1. The monoisotopic (exact) mass is 234 g/mol. The summed E-state index contributed by atoms with van der Waals surface area (Å²) < 4.78 is 13.5. The molecule has 17 heavy (non-hydrogen) atoms. The minimum Gasteiger partial charge on any atom is -0.299 e. The van der Waals surface area contributed by atoms with Gasteiger partial charge in [-0.05, 0) is 23.6 Å². The van der Waals surface area contributed by atoms with Crippen molar-refractivity contribution in [1.29, 1.82) is 0 Å². The predicted octanol–water partition coefficient (Wildman–Crippen LogP) is 4.33. The lowest BCUT2D eigenvalue weighted by atomic mass is 10.00. The highest BCUT2D eigenvalue weighted by Gasteiger charge is 2.03. The van der Waals surface area contributed by atoms with Gasteiger partial charge in [-0.15, -0.1) is 0 Å². The van der Waals surface area contributed by atoms with Crippen molar-refractivity contribution in [3.05, 3.63) is 41.2 Å². The Morgan fingerprint density at radius 2 is 2.12 bits per heavy atom. The molecule has 0 N–H and O–H groups in total. The van der Waals surface area contributed by atoms with Crippen molar-refractivity contribution in [3.8, 4) is 0 Å². The van der Waals surface area contributed by atoms with Gasteiger partial charge < -0.3 is 0 Å². The highest BCUT2D eigenvalue weighted by molar-refractivity contribution is 5.80. The fourth-order valence-electron chi connectivity index (χ4n) is 1.51. The normalized spacial score (nSPS) is 11.4. The number of halogens is 1. The van der Waals surface area contributed by atoms with E-state index in [9.17, 15) is 9.18 Å². The van der Waals surface area contributed by atoms with E-state index in [1.807, 2.05) is 13.0 Å². The van der Waals surface area contributed by atoms with Crippen LogP contribution < -0.4 is 0 Å². The summed E-state index contributed by atoms with van der Waals surface area (Å²) in [5.41, 5.74) is 1.66. The van der Waals surface area contributed by atoms with E-state index >= 15 is 0 Å². The third-order valence-electron chi connectivity index (χ3n) is 2.72. The first-order valence-electron chi connectivity index (χ1n) is 6.02. The molecular formula is C15H19FO. The van der Waals surface area contributed by atoms with Gasteiger partial charge in [0, 0.05) is 18.4 Å². The molecule has 92 valence electrons. The second-order valence-electron chi connectivity index (χ2n) is 4.43. The molecule has 0 bridgehead atoms. The van der Waals surface area contributed by atoms with Crippen LogP contribution in [0.15, 0.2) is 24.3 Å². The van der Waals surface area contributed by atoms with Crippen LogP contribution in [0, 0.1) is 5.82 Å². The van der Waals surface area contributed by atoms with Gasteiger partial charge in [0.2, 0.25) is 0 Å². The summed E-state index contributed by atoms with van der Waals surface area (Å²) in [5, 5.41) is 0. The topological polar surface area (TPSA) is 17.1 Å². The van der Waals surface area contributed by atoms with Crippen molar-refractivity contribution >= 4 is 11.9 Å². The zero-order valence-corrected chi connectivity index (χ0v) is 10.7. The Kier molecular flexibility index (Phi) is 5.08. The lowest BCUT2D eigenvalue weighted by molar-refractivity contribution is -0.117. The third kappa shape index (κ3) is 4.14. The summed E-state index contributed by atoms with van der Waals surface area (Å²) in [6.45, 7) is 5.97. The lowest BCUT2D eigenvalue weighted by Crippen LogP contribution is -1.92. The Bertz CT molecular complexity index is 419. The molecule has 0 spiro atoms. The first kappa shape index (κ1) is 13.6. The highest BCUT2D eigenvalue weighted by Crippen LogP contribution is 2.19. The number of hydrogen-bond donors (Lipinski definition) is 0. The Morgan fingerprint density at radius 3 is 2.71 bits per heavy atom. The SMILES string of the molecule is CCC(=O)C/C=C\c1cc(C(C)C)ccc1F. The van der Waals surface area contributed by atoms with Gasteiger partial charge in [-0.1, -0.05) is 39.0 Å². The van der Waals surface area contributed by atoms with Gasteiger partial charge in [-0.2, -0.15) is 0 Å². The van der Waals surface area contributed by atoms with Crippen LogP contribution in [0.5, 0.6) is 0 Å². The maximum absolute atomic E-state index is 13.5. The van der Waals surface area contributed by atoms with Crippen LogP contribution in [-0.4, -0.2) is 5.78 Å². The van der Waals surface area contributed by atoms with E-state index in [1.165, 1.54) is 6.07 Å². The number of ketones is 1. The maximum Gasteiger partial charge on any atom is 0.136 e. The average Bonchev–Trinajstić information content (AvgIpc) is 2.30. The second-order valence-corrected chi connectivity index (χ2v) is 4.43. The highest BCUT2D eigenvalue weighted by atomic mass is 19.1. The van der Waals surface area contributed by atoms with E-state index in [0.717, 1.165) is 5.56 Å². The quantitative estimate of drug-likeness (QED) is 0.741. The zero-order chi connectivity index (χ0) is 12.8. The zero-order valence-electron chi connectivity index (χ0n) is 10.7. The number of Topliss-reactive ketones (excluding diaryl/α,β-unsaturated/α-hetero) is 1. The molecule has 0 aliphatic carbocycles. The van der Waals surface area contributed by atoms with Crippen LogP contribution in [0.25, 0.3) is 6.08 Å². The first-order valence-corrected chi connectivity index (χ1v) is 6.02. The van der Waals surface area contributed by atoms with Crippen LogP contribution in [0.3, 0.4) is 0 Å². The molecule has 0 aliphatic heterocycles. The van der Waals surface area contributed by atoms with Crippen molar-refractivity contribution in [1.82, 2.24) is 0 Å². The maximum atomic E-state index is 13.5. The standard InChI is InChI=1S/C15H19FO/c1-4-14(17)7-5-6-13-10-12(11(2)3)8-9-15(13)16/h5-6,8-11H,4,7H2,1-3H3/b6-5-. The van der Waals surface area contributed by atoms with Gasteiger partial charge in [-0.3, -0.25) is 4.79 Å². The molecule has 1 rings (SSSR count). The molecular weight excluding hydrogens is 215 g/mol. The van der Waals surface area contributed by atoms with Crippen LogP contribution >= 0.6 is 0 Å². The molecule has 0 saturated heterocycles. The van der Waals surface area contributed by atoms with Gasteiger partial charge in [0.05, 0.1) is 0 Å². The Balaban J connectivity index is 2.82. The molecule has 0 amide bonds. The number of carbonyl (C=O) groups is 1. The molecule has 0 aromatic heterocycles. The van der Waals surface area contributed by atoms with Crippen LogP contribution in [-0.2, 0) is 4.79 Å². The van der Waals surface area contributed by atoms with Crippen LogP contribution in [0.4, 0.5) is 4.39 Å². The van der Waals surface area contributed by atoms with Crippen molar-refractivity contribution in [2.75, 3.05) is 0 Å². The molecule has 1 aromatic carbocycles. The smallest absolute Gasteiger partial charge is 0.136 e. The number of benzene rings is 1. The predicted molar refractivity (Wildman–Crippen MR) is 69.4 cm³/mol. The number of allylic oxidation sites excluding steroid dienone is 1. The van der Waals surface area contributed by atoms with Gasteiger partial charge >= 0.3 is 0 Å². The summed E-state index contributed by atoms with van der Waals surface area (Å²) in [7, 11) is 0. The molecule has 2 heteroatoms. The molecule has 1 nitrogen and oxygen atoms in total. The molecule has 1 aromatic rings. The van der Waals surface area contributed by atoms with Gasteiger partial charge in [0.25, 0.3) is 0 Å². The number of carbonyl (C=O) groups excluding carboxylic acids is 1. The minimum atomic E-state index is -0.241. The summed E-state index contributed by atoms with van der Waals surface area (Å²) >= 11 is 0. The fourth-order valence-corrected chi connectivity index (χ4v) is 1.51. The van der Waals surface area contributed by atoms with E-state index in [1.54, 1.807) is 18.2 Å². The van der Waals surface area contributed by atoms with Crippen LogP contribution in [0.1, 0.15) is 50.7 Å². The Hall–Kier alpha value is -1.44. The van der Waals surface area contributed by atoms with E-state index in [-0.39, 0.29) is 11.6 Å². The average molecular weight is 234 g/mol. The molecule has 0 atom stereocenters. The van der Waals surface area contributed by atoms with Crippen LogP contribution in [0.2, 0.25) is 0 Å². The first-order chi connectivity index (χ1) is 8.04. The Labute approximate surface area is 102 Å². The van der Waals surface area contributed by atoms with Crippen molar-refractivity contribution in [3.63, 3.8) is 0 Å². The summed E-state index contributed by atoms with van der Waals surface area (Å²) in [6.07, 6.45) is 4.32.